The van der Waals surface area contributed by atoms with Crippen LogP contribution in [0.4, 0.5) is 5.69 Å². The average molecular weight is 252 g/mol. The summed E-state index contributed by atoms with van der Waals surface area (Å²) in [6, 6.07) is 5.75. The van der Waals surface area contributed by atoms with Gasteiger partial charge >= 0.3 is 0 Å². The van der Waals surface area contributed by atoms with Crippen LogP contribution in [0.5, 0.6) is 0 Å². The zero-order valence-corrected chi connectivity index (χ0v) is 11.7. The van der Waals surface area contributed by atoms with Crippen LogP contribution in [0.3, 0.4) is 0 Å². The zero-order valence-electron chi connectivity index (χ0n) is 10.9. The molecule has 1 aromatic rings. The Balaban J connectivity index is 2.92. The first-order valence-corrected chi connectivity index (χ1v) is 6.99. The summed E-state index contributed by atoms with van der Waals surface area (Å²) >= 11 is 1.73. The highest BCUT2D eigenvalue weighted by molar-refractivity contribution is 7.98. The second-order valence-electron chi connectivity index (χ2n) is 4.31. The summed E-state index contributed by atoms with van der Waals surface area (Å²) in [6.45, 7) is 4.00. The van der Waals surface area contributed by atoms with Crippen molar-refractivity contribution < 1.29 is 4.79 Å². The monoisotopic (exact) mass is 252 g/mol. The van der Waals surface area contributed by atoms with Crippen LogP contribution in [0.15, 0.2) is 18.2 Å². The first kappa shape index (κ1) is 13.9. The predicted molar refractivity (Wildman–Crippen MR) is 75.5 cm³/mol. The molecule has 0 heterocycles. The van der Waals surface area contributed by atoms with Crippen LogP contribution in [0.1, 0.15) is 22.8 Å². The van der Waals surface area contributed by atoms with E-state index in [9.17, 15) is 4.79 Å². The number of aryl methyl sites for hydroxylation is 1. The molecule has 1 atom stereocenters. The van der Waals surface area contributed by atoms with E-state index in [1.54, 1.807) is 22.7 Å². The first-order valence-electron chi connectivity index (χ1n) is 5.59. The number of nitrogen functional groups attached to an aromatic ring is 1. The Kier molecular flexibility index (Phi) is 4.87. The van der Waals surface area contributed by atoms with Crippen molar-refractivity contribution >= 4 is 23.4 Å². The molecule has 4 heteroatoms. The van der Waals surface area contributed by atoms with Gasteiger partial charge in [-0.05, 0) is 32.2 Å². The first-order chi connectivity index (χ1) is 7.97. The number of nitrogens with zero attached hydrogens (tertiary/aromatic N) is 1. The Labute approximate surface area is 107 Å². The lowest BCUT2D eigenvalue weighted by atomic mass is 10.1. The van der Waals surface area contributed by atoms with Crippen molar-refractivity contribution in [2.75, 3.05) is 24.8 Å². The minimum absolute atomic E-state index is 0.00671. The van der Waals surface area contributed by atoms with Crippen LogP contribution in [0.25, 0.3) is 0 Å². The SMILES string of the molecule is CSCC(C)N(C)C(=O)c1cc(C)ccc1N. The molecule has 1 amide bonds. The lowest BCUT2D eigenvalue weighted by molar-refractivity contribution is 0.0758. The maximum Gasteiger partial charge on any atom is 0.255 e. The van der Waals surface area contributed by atoms with Crippen LogP contribution in [0.2, 0.25) is 0 Å². The van der Waals surface area contributed by atoms with Crippen LogP contribution < -0.4 is 5.73 Å². The summed E-state index contributed by atoms with van der Waals surface area (Å²) in [7, 11) is 1.82. The normalized spacial score (nSPS) is 12.2. The van der Waals surface area contributed by atoms with E-state index in [0.29, 0.717) is 11.3 Å². The molecule has 0 aliphatic carbocycles. The Morgan fingerprint density at radius 1 is 1.53 bits per heavy atom. The van der Waals surface area contributed by atoms with Crippen molar-refractivity contribution in [3.8, 4) is 0 Å². The standard InChI is InChI=1S/C13H20N2OS/c1-9-5-6-12(14)11(7-9)13(16)15(3)10(2)8-17-4/h5-7,10H,8,14H2,1-4H3. The molecule has 0 saturated carbocycles. The number of amides is 1. The number of benzene rings is 1. The van der Waals surface area contributed by atoms with Crippen molar-refractivity contribution in [2.24, 2.45) is 0 Å². The molecule has 1 rings (SSSR count). The summed E-state index contributed by atoms with van der Waals surface area (Å²) in [5, 5.41) is 0. The van der Waals surface area contributed by atoms with E-state index in [1.807, 2.05) is 39.3 Å². The number of carbonyl (C=O) groups is 1. The highest BCUT2D eigenvalue weighted by atomic mass is 32.2. The van der Waals surface area contributed by atoms with Gasteiger partial charge in [-0.1, -0.05) is 11.6 Å². The van der Waals surface area contributed by atoms with Crippen LogP contribution >= 0.6 is 11.8 Å². The van der Waals surface area contributed by atoms with Gasteiger partial charge in [0, 0.05) is 24.5 Å². The minimum atomic E-state index is -0.00671. The van der Waals surface area contributed by atoms with E-state index in [2.05, 4.69) is 0 Å². The molecule has 1 unspecified atom stereocenters. The van der Waals surface area contributed by atoms with Gasteiger partial charge in [-0.25, -0.2) is 0 Å². The summed E-state index contributed by atoms with van der Waals surface area (Å²) < 4.78 is 0. The van der Waals surface area contributed by atoms with E-state index in [1.165, 1.54) is 0 Å². The highest BCUT2D eigenvalue weighted by Crippen LogP contribution is 2.17. The van der Waals surface area contributed by atoms with E-state index in [4.69, 9.17) is 5.73 Å². The van der Waals surface area contributed by atoms with Gasteiger partial charge in [-0.3, -0.25) is 4.79 Å². The number of anilines is 1. The van der Waals surface area contributed by atoms with Crippen molar-refractivity contribution in [1.29, 1.82) is 0 Å². The highest BCUT2D eigenvalue weighted by Gasteiger charge is 2.19. The Bertz CT molecular complexity index is 406. The van der Waals surface area contributed by atoms with Gasteiger partial charge in [0.05, 0.1) is 5.56 Å². The van der Waals surface area contributed by atoms with Crippen molar-refractivity contribution in [1.82, 2.24) is 4.90 Å². The largest absolute Gasteiger partial charge is 0.398 e. The van der Waals surface area contributed by atoms with Crippen LogP contribution in [0, 0.1) is 6.92 Å². The Morgan fingerprint density at radius 3 is 2.76 bits per heavy atom. The number of hydrogen-bond donors (Lipinski definition) is 1. The van der Waals surface area contributed by atoms with Gasteiger partial charge in [0.1, 0.15) is 0 Å². The molecule has 0 aromatic heterocycles. The molecular weight excluding hydrogens is 232 g/mol. The smallest absolute Gasteiger partial charge is 0.255 e. The van der Waals surface area contributed by atoms with Crippen LogP contribution in [-0.4, -0.2) is 35.9 Å². The van der Waals surface area contributed by atoms with Gasteiger partial charge in [-0.15, -0.1) is 0 Å². The van der Waals surface area contributed by atoms with E-state index < -0.39 is 0 Å². The number of rotatable bonds is 4. The molecule has 94 valence electrons. The quantitative estimate of drug-likeness (QED) is 0.837. The number of hydrogen-bond acceptors (Lipinski definition) is 3. The third kappa shape index (κ3) is 3.40. The van der Waals surface area contributed by atoms with Gasteiger partial charge in [0.2, 0.25) is 0 Å². The van der Waals surface area contributed by atoms with Crippen LogP contribution in [-0.2, 0) is 0 Å². The van der Waals surface area contributed by atoms with Crippen molar-refractivity contribution in [2.45, 2.75) is 19.9 Å². The van der Waals surface area contributed by atoms with Gasteiger partial charge in [0.15, 0.2) is 0 Å². The summed E-state index contributed by atoms with van der Waals surface area (Å²) in [6.07, 6.45) is 2.04. The molecule has 1 aromatic carbocycles. The van der Waals surface area contributed by atoms with E-state index in [0.717, 1.165) is 11.3 Å². The van der Waals surface area contributed by atoms with E-state index >= 15 is 0 Å². The fraction of sp³-hybridized carbons (Fsp3) is 0.462. The average Bonchev–Trinajstić information content (AvgIpc) is 2.30. The number of thioether (sulfide) groups is 1. The van der Waals surface area contributed by atoms with Crippen molar-refractivity contribution in [3.63, 3.8) is 0 Å². The minimum Gasteiger partial charge on any atom is -0.398 e. The lowest BCUT2D eigenvalue weighted by Gasteiger charge is -2.25. The molecule has 0 spiro atoms. The third-order valence-corrected chi connectivity index (χ3v) is 3.64. The molecule has 0 aliphatic rings. The van der Waals surface area contributed by atoms with Crippen molar-refractivity contribution in [3.05, 3.63) is 29.3 Å². The Hall–Kier alpha value is -1.16. The molecule has 17 heavy (non-hydrogen) atoms. The van der Waals surface area contributed by atoms with E-state index in [-0.39, 0.29) is 11.9 Å². The molecule has 0 bridgehead atoms. The van der Waals surface area contributed by atoms with Gasteiger partial charge in [0.25, 0.3) is 5.91 Å². The fourth-order valence-electron chi connectivity index (χ4n) is 1.60. The topological polar surface area (TPSA) is 46.3 Å². The third-order valence-electron chi connectivity index (χ3n) is 2.83. The molecule has 0 radical (unpaired) electrons. The summed E-state index contributed by atoms with van der Waals surface area (Å²) in [4.78, 5) is 14.0. The molecule has 2 N–H and O–H groups in total. The second kappa shape index (κ2) is 5.96. The summed E-state index contributed by atoms with van der Waals surface area (Å²) in [5.41, 5.74) is 8.04. The molecule has 0 saturated heterocycles. The molecule has 3 nitrogen and oxygen atoms in total. The Morgan fingerprint density at radius 2 is 2.18 bits per heavy atom. The second-order valence-corrected chi connectivity index (χ2v) is 5.22. The maximum absolute atomic E-state index is 12.3. The number of carbonyl (C=O) groups excluding carboxylic acids is 1. The number of nitrogens with two attached hydrogens (primary N) is 1. The molecule has 0 aliphatic heterocycles. The van der Waals surface area contributed by atoms with Gasteiger partial charge in [-0.2, -0.15) is 11.8 Å². The molecule has 0 fully saturated rings. The zero-order chi connectivity index (χ0) is 13.0. The molecular formula is C13H20N2OS. The fourth-order valence-corrected chi connectivity index (χ4v) is 2.30. The van der Waals surface area contributed by atoms with Gasteiger partial charge < -0.3 is 10.6 Å². The maximum atomic E-state index is 12.3. The predicted octanol–water partition coefficient (Wildman–Crippen LogP) is 2.40. The lowest BCUT2D eigenvalue weighted by Crippen LogP contribution is -2.37. The summed E-state index contributed by atoms with van der Waals surface area (Å²) in [5.74, 6) is 0.918.